The van der Waals surface area contributed by atoms with Gasteiger partial charge in [-0.1, -0.05) is 35.9 Å². The number of carbonyl (C=O) groups is 1. The van der Waals surface area contributed by atoms with Crippen molar-refractivity contribution < 1.29 is 17.9 Å². The van der Waals surface area contributed by atoms with E-state index in [4.69, 9.17) is 16.3 Å². The highest BCUT2D eigenvalue weighted by atomic mass is 35.5. The van der Waals surface area contributed by atoms with Crippen LogP contribution in [0.15, 0.2) is 48.5 Å². The standard InChI is InChI=1S/C20H23ClN2O4S/c1-20(2)12-17(16-9-4-5-10-18(16)27-20)22-19(24)13-23(28(3,25)26)15-8-6-7-14(21)11-15/h4-11,17H,12-13H2,1-3H3,(H,22,24). The second-order valence-electron chi connectivity index (χ2n) is 7.47. The van der Waals surface area contributed by atoms with Crippen LogP contribution in [-0.4, -0.2) is 32.7 Å². The number of nitrogens with one attached hydrogen (secondary N) is 1. The maximum Gasteiger partial charge on any atom is 0.241 e. The number of sulfonamides is 1. The van der Waals surface area contributed by atoms with E-state index in [2.05, 4.69) is 5.32 Å². The number of para-hydroxylation sites is 1. The first-order chi connectivity index (χ1) is 13.0. The molecule has 28 heavy (non-hydrogen) atoms. The summed E-state index contributed by atoms with van der Waals surface area (Å²) < 4.78 is 31.5. The normalized spacial score (nSPS) is 17.9. The lowest BCUT2D eigenvalue weighted by Gasteiger charge is -2.38. The molecule has 8 heteroatoms. The molecule has 1 aliphatic heterocycles. The van der Waals surface area contributed by atoms with Crippen molar-refractivity contribution in [1.82, 2.24) is 5.32 Å². The minimum absolute atomic E-state index is 0.270. The molecule has 1 N–H and O–H groups in total. The Bertz CT molecular complexity index is 991. The maximum atomic E-state index is 12.8. The molecule has 2 aromatic rings. The van der Waals surface area contributed by atoms with Crippen molar-refractivity contribution in [3.8, 4) is 5.75 Å². The van der Waals surface area contributed by atoms with E-state index in [0.29, 0.717) is 17.1 Å². The van der Waals surface area contributed by atoms with Crippen LogP contribution < -0.4 is 14.4 Å². The average molecular weight is 423 g/mol. The Morgan fingerprint density at radius 1 is 1.25 bits per heavy atom. The molecule has 1 unspecified atom stereocenters. The maximum absolute atomic E-state index is 12.8. The third-order valence-corrected chi connectivity index (χ3v) is 5.87. The van der Waals surface area contributed by atoms with Gasteiger partial charge in [-0.3, -0.25) is 9.10 Å². The fourth-order valence-corrected chi connectivity index (χ4v) is 4.37. The zero-order valence-electron chi connectivity index (χ0n) is 16.0. The monoisotopic (exact) mass is 422 g/mol. The summed E-state index contributed by atoms with van der Waals surface area (Å²) in [5.74, 6) is 0.321. The second kappa shape index (κ2) is 7.64. The van der Waals surface area contributed by atoms with Crippen LogP contribution in [0.2, 0.25) is 5.02 Å². The van der Waals surface area contributed by atoms with E-state index < -0.39 is 21.5 Å². The number of fused-ring (bicyclic) bond motifs is 1. The molecule has 0 aromatic heterocycles. The van der Waals surface area contributed by atoms with Crippen LogP contribution >= 0.6 is 11.6 Å². The molecule has 1 heterocycles. The van der Waals surface area contributed by atoms with Crippen LogP contribution in [0.1, 0.15) is 31.9 Å². The van der Waals surface area contributed by atoms with Crippen molar-refractivity contribution in [3.63, 3.8) is 0 Å². The third-order valence-electron chi connectivity index (χ3n) is 4.50. The highest BCUT2D eigenvalue weighted by Crippen LogP contribution is 2.39. The number of halogens is 1. The summed E-state index contributed by atoms with van der Waals surface area (Å²) in [5.41, 5.74) is 0.775. The van der Waals surface area contributed by atoms with Crippen LogP contribution in [0.5, 0.6) is 5.75 Å². The Labute approximate surface area is 170 Å². The summed E-state index contributed by atoms with van der Waals surface area (Å²) in [6.45, 7) is 3.58. The minimum Gasteiger partial charge on any atom is -0.487 e. The molecule has 1 atom stereocenters. The number of hydrogen-bond acceptors (Lipinski definition) is 4. The molecule has 0 saturated carbocycles. The Morgan fingerprint density at radius 2 is 1.96 bits per heavy atom. The van der Waals surface area contributed by atoms with Crippen molar-refractivity contribution in [2.24, 2.45) is 0 Å². The van der Waals surface area contributed by atoms with Gasteiger partial charge in [0.05, 0.1) is 18.0 Å². The molecule has 6 nitrogen and oxygen atoms in total. The fraction of sp³-hybridized carbons (Fsp3) is 0.350. The quantitative estimate of drug-likeness (QED) is 0.799. The largest absolute Gasteiger partial charge is 0.487 e. The van der Waals surface area contributed by atoms with Crippen LogP contribution in [-0.2, 0) is 14.8 Å². The minimum atomic E-state index is -3.66. The molecule has 1 amide bonds. The summed E-state index contributed by atoms with van der Waals surface area (Å²) in [6, 6.07) is 13.7. The number of benzene rings is 2. The van der Waals surface area contributed by atoms with E-state index >= 15 is 0 Å². The Hall–Kier alpha value is -2.25. The van der Waals surface area contributed by atoms with E-state index in [1.54, 1.807) is 18.2 Å². The molecule has 2 aromatic carbocycles. The molecular formula is C20H23ClN2O4S. The van der Waals surface area contributed by atoms with E-state index in [-0.39, 0.29) is 12.6 Å². The van der Waals surface area contributed by atoms with E-state index in [1.807, 2.05) is 38.1 Å². The second-order valence-corrected chi connectivity index (χ2v) is 9.82. The molecule has 3 rings (SSSR count). The van der Waals surface area contributed by atoms with Crippen LogP contribution in [0, 0.1) is 0 Å². The summed E-state index contributed by atoms with van der Waals surface area (Å²) in [7, 11) is -3.66. The van der Waals surface area contributed by atoms with Gasteiger partial charge < -0.3 is 10.1 Å². The zero-order valence-corrected chi connectivity index (χ0v) is 17.5. The van der Waals surface area contributed by atoms with Crippen molar-refractivity contribution in [2.75, 3.05) is 17.1 Å². The molecule has 0 radical (unpaired) electrons. The summed E-state index contributed by atoms with van der Waals surface area (Å²) in [5, 5.41) is 3.35. The highest BCUT2D eigenvalue weighted by Gasteiger charge is 2.34. The molecular weight excluding hydrogens is 400 g/mol. The molecule has 1 aliphatic rings. The molecule has 0 saturated heterocycles. The number of nitrogens with zero attached hydrogens (tertiary/aromatic N) is 1. The number of ether oxygens (including phenoxy) is 1. The molecule has 0 bridgehead atoms. The Balaban J connectivity index is 1.82. The van der Waals surface area contributed by atoms with Crippen molar-refractivity contribution in [2.45, 2.75) is 31.9 Å². The van der Waals surface area contributed by atoms with Crippen molar-refractivity contribution >= 4 is 33.2 Å². The van der Waals surface area contributed by atoms with Crippen molar-refractivity contribution in [3.05, 3.63) is 59.1 Å². The van der Waals surface area contributed by atoms with Gasteiger partial charge in [0.2, 0.25) is 15.9 Å². The van der Waals surface area contributed by atoms with Gasteiger partial charge in [0, 0.05) is 17.0 Å². The predicted octanol–water partition coefficient (Wildman–Crippen LogP) is 3.52. The first-order valence-corrected chi connectivity index (χ1v) is 11.1. The summed E-state index contributed by atoms with van der Waals surface area (Å²) >= 11 is 5.98. The van der Waals surface area contributed by atoms with Gasteiger partial charge in [-0.05, 0) is 38.1 Å². The highest BCUT2D eigenvalue weighted by molar-refractivity contribution is 7.92. The average Bonchev–Trinajstić information content (AvgIpc) is 2.57. The lowest BCUT2D eigenvalue weighted by Crippen LogP contribution is -2.45. The molecule has 0 fully saturated rings. The van der Waals surface area contributed by atoms with E-state index in [0.717, 1.165) is 21.9 Å². The van der Waals surface area contributed by atoms with Gasteiger partial charge in [0.1, 0.15) is 17.9 Å². The van der Waals surface area contributed by atoms with Gasteiger partial charge in [-0.25, -0.2) is 8.42 Å². The van der Waals surface area contributed by atoms with Crippen LogP contribution in [0.3, 0.4) is 0 Å². The van der Waals surface area contributed by atoms with E-state index in [1.165, 1.54) is 6.07 Å². The number of hydrogen-bond donors (Lipinski definition) is 1. The van der Waals surface area contributed by atoms with Gasteiger partial charge in [-0.2, -0.15) is 0 Å². The fourth-order valence-electron chi connectivity index (χ4n) is 3.33. The van der Waals surface area contributed by atoms with Gasteiger partial charge in [0.25, 0.3) is 0 Å². The van der Waals surface area contributed by atoms with Gasteiger partial charge in [-0.15, -0.1) is 0 Å². The SMILES string of the molecule is CC1(C)CC(NC(=O)CN(c2cccc(Cl)c2)S(C)(=O)=O)c2ccccc2O1. The first kappa shape index (κ1) is 20.5. The number of rotatable bonds is 5. The van der Waals surface area contributed by atoms with Crippen LogP contribution in [0.25, 0.3) is 0 Å². The smallest absolute Gasteiger partial charge is 0.241 e. The number of amides is 1. The van der Waals surface area contributed by atoms with E-state index in [9.17, 15) is 13.2 Å². The summed E-state index contributed by atoms with van der Waals surface area (Å²) in [4.78, 5) is 12.8. The lowest BCUT2D eigenvalue weighted by molar-refractivity contribution is -0.120. The van der Waals surface area contributed by atoms with Gasteiger partial charge in [0.15, 0.2) is 0 Å². The lowest BCUT2D eigenvalue weighted by atomic mass is 9.89. The number of anilines is 1. The Kier molecular flexibility index (Phi) is 5.59. The first-order valence-electron chi connectivity index (χ1n) is 8.86. The van der Waals surface area contributed by atoms with Crippen LogP contribution in [0.4, 0.5) is 5.69 Å². The molecule has 150 valence electrons. The van der Waals surface area contributed by atoms with Crippen molar-refractivity contribution in [1.29, 1.82) is 0 Å². The predicted molar refractivity (Wildman–Crippen MR) is 110 cm³/mol. The Morgan fingerprint density at radius 3 is 2.64 bits per heavy atom. The zero-order chi connectivity index (χ0) is 20.5. The summed E-state index contributed by atoms with van der Waals surface area (Å²) in [6.07, 6.45) is 1.64. The molecule has 0 aliphatic carbocycles. The number of carbonyl (C=O) groups excluding carboxylic acids is 1. The van der Waals surface area contributed by atoms with Gasteiger partial charge >= 0.3 is 0 Å². The molecule has 0 spiro atoms. The third kappa shape index (κ3) is 4.77. The topological polar surface area (TPSA) is 75.7 Å².